The molecule has 136 valence electrons. The Labute approximate surface area is 161 Å². The third-order valence-electron chi connectivity index (χ3n) is 3.58. The molecule has 1 heterocycles. The van der Waals surface area contributed by atoms with E-state index < -0.39 is 5.97 Å². The molecule has 0 radical (unpaired) electrons. The molecule has 0 aliphatic carbocycles. The molecule has 0 saturated carbocycles. The average molecular weight is 382 g/mol. The summed E-state index contributed by atoms with van der Waals surface area (Å²) < 4.78 is 11.3. The lowest BCUT2D eigenvalue weighted by Crippen LogP contribution is -1.97. The fourth-order valence-corrected chi connectivity index (χ4v) is 2.41. The number of carboxylic acid groups (broad SMARTS) is 1. The number of rotatable bonds is 7. The number of carbonyl (C=O) groups is 1. The first-order chi connectivity index (χ1) is 13.1. The van der Waals surface area contributed by atoms with Crippen LogP contribution in [0.2, 0.25) is 5.02 Å². The van der Waals surface area contributed by atoms with Crippen LogP contribution in [0.4, 0.5) is 0 Å². The van der Waals surface area contributed by atoms with Gasteiger partial charge in [0.05, 0.1) is 6.20 Å². The van der Waals surface area contributed by atoms with E-state index in [-0.39, 0.29) is 0 Å². The number of aliphatic carboxylic acids is 1. The average Bonchev–Trinajstić information content (AvgIpc) is 2.68. The molecule has 0 atom stereocenters. The van der Waals surface area contributed by atoms with Crippen molar-refractivity contribution in [2.45, 2.75) is 6.61 Å². The van der Waals surface area contributed by atoms with Crippen LogP contribution in [-0.4, -0.2) is 16.1 Å². The lowest BCUT2D eigenvalue weighted by atomic mass is 10.2. The van der Waals surface area contributed by atoms with Gasteiger partial charge >= 0.3 is 5.97 Å². The van der Waals surface area contributed by atoms with Crippen molar-refractivity contribution in [3.8, 4) is 17.4 Å². The van der Waals surface area contributed by atoms with Crippen molar-refractivity contribution in [3.63, 3.8) is 0 Å². The number of hydrogen-bond donors (Lipinski definition) is 1. The molecule has 1 aromatic heterocycles. The van der Waals surface area contributed by atoms with E-state index in [0.717, 1.165) is 17.2 Å². The molecule has 2 aromatic carbocycles. The predicted molar refractivity (Wildman–Crippen MR) is 103 cm³/mol. The maximum absolute atomic E-state index is 10.5. The zero-order valence-corrected chi connectivity index (χ0v) is 15.0. The van der Waals surface area contributed by atoms with E-state index in [0.29, 0.717) is 29.0 Å². The van der Waals surface area contributed by atoms with Crippen molar-refractivity contribution in [1.82, 2.24) is 4.98 Å². The van der Waals surface area contributed by atoms with Crippen molar-refractivity contribution >= 4 is 23.6 Å². The Morgan fingerprint density at radius 3 is 2.44 bits per heavy atom. The highest BCUT2D eigenvalue weighted by Gasteiger charge is 2.03. The number of aromatic nitrogens is 1. The van der Waals surface area contributed by atoms with Gasteiger partial charge in [-0.2, -0.15) is 0 Å². The first kappa shape index (κ1) is 18.5. The van der Waals surface area contributed by atoms with Crippen LogP contribution < -0.4 is 9.47 Å². The lowest BCUT2D eigenvalue weighted by Gasteiger charge is -2.09. The third-order valence-corrected chi connectivity index (χ3v) is 3.95. The normalized spacial score (nSPS) is 10.7. The van der Waals surface area contributed by atoms with Crippen molar-refractivity contribution in [3.05, 3.63) is 89.1 Å². The molecule has 0 fully saturated rings. The van der Waals surface area contributed by atoms with Gasteiger partial charge in [-0.1, -0.05) is 41.9 Å². The summed E-state index contributed by atoms with van der Waals surface area (Å²) in [7, 11) is 0. The van der Waals surface area contributed by atoms with Crippen LogP contribution in [0.15, 0.2) is 72.9 Å². The quantitative estimate of drug-likeness (QED) is 0.569. The molecule has 0 saturated heterocycles. The van der Waals surface area contributed by atoms with E-state index in [1.807, 2.05) is 24.3 Å². The van der Waals surface area contributed by atoms with Gasteiger partial charge in [-0.3, -0.25) is 0 Å². The molecular formula is C21H16ClNO4. The first-order valence-corrected chi connectivity index (χ1v) is 8.49. The molecule has 0 aliphatic heterocycles. The fourth-order valence-electron chi connectivity index (χ4n) is 2.22. The second-order valence-electron chi connectivity index (χ2n) is 5.55. The number of halogens is 1. The fraction of sp³-hybridized carbons (Fsp3) is 0.0476. The number of carboxylic acids is 1. The molecule has 3 aromatic rings. The molecular weight excluding hydrogens is 366 g/mol. The summed E-state index contributed by atoms with van der Waals surface area (Å²) in [5.41, 5.74) is 1.66. The SMILES string of the molecule is O=C(O)C=Cc1ccc(Oc2ccc(OCc3ccccc3Cl)cn2)cc1. The first-order valence-electron chi connectivity index (χ1n) is 8.11. The second-order valence-corrected chi connectivity index (χ2v) is 5.96. The number of ether oxygens (including phenoxy) is 2. The van der Waals surface area contributed by atoms with Crippen LogP contribution in [0.25, 0.3) is 6.08 Å². The Hall–Kier alpha value is -3.31. The van der Waals surface area contributed by atoms with Gasteiger partial charge in [0.15, 0.2) is 0 Å². The van der Waals surface area contributed by atoms with Gasteiger partial charge in [-0.25, -0.2) is 9.78 Å². The minimum Gasteiger partial charge on any atom is -0.487 e. The van der Waals surface area contributed by atoms with Crippen LogP contribution in [0, 0.1) is 0 Å². The smallest absolute Gasteiger partial charge is 0.328 e. The summed E-state index contributed by atoms with van der Waals surface area (Å²) in [6.45, 7) is 0.354. The number of benzene rings is 2. The van der Waals surface area contributed by atoms with Crippen LogP contribution in [0.5, 0.6) is 17.4 Å². The van der Waals surface area contributed by atoms with Crippen LogP contribution >= 0.6 is 11.6 Å². The molecule has 1 N–H and O–H groups in total. The highest BCUT2D eigenvalue weighted by Crippen LogP contribution is 2.23. The molecule has 0 amide bonds. The van der Waals surface area contributed by atoms with Crippen LogP contribution in [0.1, 0.15) is 11.1 Å². The van der Waals surface area contributed by atoms with E-state index in [2.05, 4.69) is 4.98 Å². The van der Waals surface area contributed by atoms with Crippen molar-refractivity contribution < 1.29 is 19.4 Å². The van der Waals surface area contributed by atoms with E-state index >= 15 is 0 Å². The minimum absolute atomic E-state index is 0.354. The van der Waals surface area contributed by atoms with Gasteiger partial charge in [0.2, 0.25) is 5.88 Å². The summed E-state index contributed by atoms with van der Waals surface area (Å²) in [6, 6.07) is 18.0. The van der Waals surface area contributed by atoms with Gasteiger partial charge in [0.25, 0.3) is 0 Å². The molecule has 0 aliphatic rings. The Morgan fingerprint density at radius 1 is 1.04 bits per heavy atom. The van der Waals surface area contributed by atoms with Gasteiger partial charge in [-0.05, 0) is 35.9 Å². The Bertz CT molecular complexity index is 937. The standard InChI is InChI=1S/C21H16ClNO4/c22-19-4-2-1-3-16(19)14-26-18-10-11-20(23-13-18)27-17-8-5-15(6-9-17)7-12-21(24)25/h1-13H,14H2,(H,24,25). The van der Waals surface area contributed by atoms with E-state index in [1.54, 1.807) is 42.6 Å². The monoisotopic (exact) mass is 381 g/mol. The van der Waals surface area contributed by atoms with E-state index in [9.17, 15) is 4.79 Å². The zero-order valence-electron chi connectivity index (χ0n) is 14.2. The number of pyridine rings is 1. The Balaban J connectivity index is 1.57. The summed E-state index contributed by atoms with van der Waals surface area (Å²) in [4.78, 5) is 14.7. The van der Waals surface area contributed by atoms with Crippen molar-refractivity contribution in [1.29, 1.82) is 0 Å². The van der Waals surface area contributed by atoms with Crippen LogP contribution in [0.3, 0.4) is 0 Å². The minimum atomic E-state index is -0.989. The predicted octanol–water partition coefficient (Wildman–Crippen LogP) is 5.20. The highest BCUT2D eigenvalue weighted by atomic mass is 35.5. The van der Waals surface area contributed by atoms with E-state index in [4.69, 9.17) is 26.2 Å². The van der Waals surface area contributed by atoms with Gasteiger partial charge < -0.3 is 14.6 Å². The zero-order chi connectivity index (χ0) is 19.1. The maximum atomic E-state index is 10.5. The highest BCUT2D eigenvalue weighted by molar-refractivity contribution is 6.31. The summed E-state index contributed by atoms with van der Waals surface area (Å²) in [5.74, 6) is 0.640. The summed E-state index contributed by atoms with van der Waals surface area (Å²) in [5, 5.41) is 9.29. The Kier molecular flexibility index (Phi) is 6.07. The maximum Gasteiger partial charge on any atom is 0.328 e. The molecule has 0 unspecified atom stereocenters. The largest absolute Gasteiger partial charge is 0.487 e. The summed E-state index contributed by atoms with van der Waals surface area (Å²) in [6.07, 6.45) is 4.17. The number of hydrogen-bond acceptors (Lipinski definition) is 4. The van der Waals surface area contributed by atoms with E-state index in [1.165, 1.54) is 6.08 Å². The van der Waals surface area contributed by atoms with Crippen molar-refractivity contribution in [2.24, 2.45) is 0 Å². The second kappa shape index (κ2) is 8.87. The topological polar surface area (TPSA) is 68.7 Å². The molecule has 27 heavy (non-hydrogen) atoms. The summed E-state index contributed by atoms with van der Waals surface area (Å²) >= 11 is 6.10. The lowest BCUT2D eigenvalue weighted by molar-refractivity contribution is -0.131. The van der Waals surface area contributed by atoms with Gasteiger partial charge in [0.1, 0.15) is 18.1 Å². The third kappa shape index (κ3) is 5.59. The molecule has 3 rings (SSSR count). The molecule has 6 heteroatoms. The van der Waals surface area contributed by atoms with Gasteiger partial charge in [0, 0.05) is 22.7 Å². The molecule has 0 bridgehead atoms. The van der Waals surface area contributed by atoms with Crippen LogP contribution in [-0.2, 0) is 11.4 Å². The Morgan fingerprint density at radius 2 is 1.78 bits per heavy atom. The molecule has 5 nitrogen and oxygen atoms in total. The van der Waals surface area contributed by atoms with Crippen molar-refractivity contribution in [2.75, 3.05) is 0 Å². The number of nitrogens with zero attached hydrogens (tertiary/aromatic N) is 1. The van der Waals surface area contributed by atoms with Gasteiger partial charge in [-0.15, -0.1) is 0 Å². The molecule has 0 spiro atoms.